The summed E-state index contributed by atoms with van der Waals surface area (Å²) in [5.74, 6) is -0.227. The first-order valence-corrected chi connectivity index (χ1v) is 4.54. The van der Waals surface area contributed by atoms with Crippen LogP contribution in [0.15, 0.2) is 11.1 Å². The van der Waals surface area contributed by atoms with Gasteiger partial charge in [0.05, 0.1) is 6.54 Å². The molecule has 13 heavy (non-hydrogen) atoms. The van der Waals surface area contributed by atoms with E-state index in [1.807, 2.05) is 0 Å². The molecule has 0 bridgehead atoms. The molecule has 1 amide bonds. The maximum Gasteiger partial charge on any atom is 0.231 e. The average molecular weight is 181 g/mol. The summed E-state index contributed by atoms with van der Waals surface area (Å²) in [5.41, 5.74) is 8.12. The first-order valence-electron chi connectivity index (χ1n) is 4.54. The molecule has 72 valence electrons. The van der Waals surface area contributed by atoms with Gasteiger partial charge in [0.25, 0.3) is 0 Å². The number of likely N-dealkylation sites (N-methyl/N-ethyl adjacent to an activating group) is 1. The van der Waals surface area contributed by atoms with Crippen LogP contribution in [0.3, 0.4) is 0 Å². The van der Waals surface area contributed by atoms with Gasteiger partial charge in [0.15, 0.2) is 0 Å². The fourth-order valence-electron chi connectivity index (χ4n) is 2.18. The van der Waals surface area contributed by atoms with Crippen LogP contribution in [0.25, 0.3) is 0 Å². The van der Waals surface area contributed by atoms with Crippen LogP contribution in [0.4, 0.5) is 0 Å². The minimum absolute atomic E-state index is 0.227. The van der Waals surface area contributed by atoms with E-state index in [2.05, 4.69) is 16.8 Å². The summed E-state index contributed by atoms with van der Waals surface area (Å²) in [5, 5.41) is 0. The van der Waals surface area contributed by atoms with Gasteiger partial charge in [-0.3, -0.25) is 14.6 Å². The van der Waals surface area contributed by atoms with Crippen molar-refractivity contribution in [2.24, 2.45) is 5.73 Å². The van der Waals surface area contributed by atoms with E-state index in [0.717, 1.165) is 26.2 Å². The van der Waals surface area contributed by atoms with Crippen molar-refractivity contribution in [3.05, 3.63) is 11.1 Å². The Labute approximate surface area is 78.0 Å². The fraction of sp³-hybridized carbons (Fsp3) is 0.667. The molecule has 0 fully saturated rings. The van der Waals surface area contributed by atoms with Gasteiger partial charge in [0, 0.05) is 26.2 Å². The van der Waals surface area contributed by atoms with Crippen molar-refractivity contribution in [3.63, 3.8) is 0 Å². The monoisotopic (exact) mass is 181 g/mol. The normalized spacial score (nSPS) is 24.1. The van der Waals surface area contributed by atoms with Gasteiger partial charge >= 0.3 is 0 Å². The molecule has 0 aliphatic carbocycles. The topological polar surface area (TPSA) is 49.6 Å². The van der Waals surface area contributed by atoms with Crippen molar-refractivity contribution in [2.45, 2.75) is 0 Å². The predicted octanol–water partition coefficient (Wildman–Crippen LogP) is -0.971. The Balaban J connectivity index is 1.91. The lowest BCUT2D eigenvalue weighted by Gasteiger charge is -2.18. The van der Waals surface area contributed by atoms with E-state index in [4.69, 9.17) is 5.73 Å². The van der Waals surface area contributed by atoms with Crippen molar-refractivity contribution in [1.29, 1.82) is 0 Å². The van der Waals surface area contributed by atoms with Crippen LogP contribution in [0, 0.1) is 0 Å². The molecule has 2 aliphatic rings. The molecular weight excluding hydrogens is 166 g/mol. The third-order valence-corrected chi connectivity index (χ3v) is 2.63. The first kappa shape index (κ1) is 8.72. The van der Waals surface area contributed by atoms with E-state index in [1.54, 1.807) is 0 Å². The van der Waals surface area contributed by atoms with Crippen LogP contribution in [0.2, 0.25) is 0 Å². The van der Waals surface area contributed by atoms with Crippen LogP contribution in [0.5, 0.6) is 0 Å². The third kappa shape index (κ3) is 1.73. The number of carbonyl (C=O) groups is 1. The fourth-order valence-corrected chi connectivity index (χ4v) is 2.18. The molecule has 0 spiro atoms. The Morgan fingerprint density at radius 3 is 2.31 bits per heavy atom. The summed E-state index contributed by atoms with van der Waals surface area (Å²) in [4.78, 5) is 15.1. The Kier molecular flexibility index (Phi) is 2.09. The molecule has 0 atom stereocenters. The number of primary amides is 1. The Hall–Kier alpha value is -0.870. The van der Waals surface area contributed by atoms with Crippen LogP contribution < -0.4 is 5.73 Å². The van der Waals surface area contributed by atoms with Crippen molar-refractivity contribution in [2.75, 3.05) is 39.8 Å². The van der Waals surface area contributed by atoms with Crippen LogP contribution >= 0.6 is 0 Å². The molecule has 0 unspecified atom stereocenters. The molecule has 0 aromatic carbocycles. The van der Waals surface area contributed by atoms with E-state index in [0.29, 0.717) is 6.54 Å². The highest BCUT2D eigenvalue weighted by Gasteiger charge is 2.28. The van der Waals surface area contributed by atoms with Crippen LogP contribution in [0.1, 0.15) is 0 Å². The summed E-state index contributed by atoms with van der Waals surface area (Å²) in [7, 11) is 2.12. The number of amides is 1. The molecule has 0 saturated heterocycles. The molecule has 2 rings (SSSR count). The van der Waals surface area contributed by atoms with Gasteiger partial charge in [-0.05, 0) is 18.2 Å². The lowest BCUT2D eigenvalue weighted by molar-refractivity contribution is -0.118. The van der Waals surface area contributed by atoms with Gasteiger partial charge < -0.3 is 5.73 Å². The highest BCUT2D eigenvalue weighted by Crippen LogP contribution is 2.23. The maximum absolute atomic E-state index is 10.7. The van der Waals surface area contributed by atoms with Crippen molar-refractivity contribution in [1.82, 2.24) is 9.80 Å². The summed E-state index contributed by atoms with van der Waals surface area (Å²) in [6.45, 7) is 4.39. The number of rotatable bonds is 2. The zero-order valence-electron chi connectivity index (χ0n) is 7.92. The smallest absolute Gasteiger partial charge is 0.231 e. The van der Waals surface area contributed by atoms with Crippen LogP contribution in [-0.2, 0) is 4.79 Å². The summed E-state index contributed by atoms with van der Waals surface area (Å²) < 4.78 is 0. The lowest BCUT2D eigenvalue weighted by atomic mass is 10.2. The summed E-state index contributed by atoms with van der Waals surface area (Å²) >= 11 is 0. The molecule has 4 nitrogen and oxygen atoms in total. The molecule has 2 heterocycles. The number of hydrogen-bond acceptors (Lipinski definition) is 3. The minimum atomic E-state index is -0.227. The van der Waals surface area contributed by atoms with Gasteiger partial charge in [0.2, 0.25) is 5.91 Å². The third-order valence-electron chi connectivity index (χ3n) is 2.63. The molecule has 2 N–H and O–H groups in total. The van der Waals surface area contributed by atoms with Gasteiger partial charge in [-0.15, -0.1) is 0 Å². The van der Waals surface area contributed by atoms with Crippen LogP contribution in [-0.4, -0.2) is 55.5 Å². The minimum Gasteiger partial charge on any atom is -0.369 e. The Morgan fingerprint density at radius 2 is 1.85 bits per heavy atom. The van der Waals surface area contributed by atoms with Crippen molar-refractivity contribution in [3.8, 4) is 0 Å². The van der Waals surface area contributed by atoms with E-state index < -0.39 is 0 Å². The van der Waals surface area contributed by atoms with E-state index in [9.17, 15) is 4.79 Å². The molecule has 0 aromatic heterocycles. The van der Waals surface area contributed by atoms with E-state index in [-0.39, 0.29) is 5.91 Å². The molecule has 0 saturated carbocycles. The quantitative estimate of drug-likeness (QED) is 0.558. The van der Waals surface area contributed by atoms with Gasteiger partial charge in [-0.2, -0.15) is 0 Å². The van der Waals surface area contributed by atoms with Gasteiger partial charge in [-0.25, -0.2) is 0 Å². The zero-order chi connectivity index (χ0) is 9.42. The maximum atomic E-state index is 10.7. The standard InChI is InChI=1S/C9H15N3O/c1-11-2-7-4-12(6-9(10)13)5-8(7)3-11/h2-6H2,1H3,(H2,10,13). The van der Waals surface area contributed by atoms with E-state index >= 15 is 0 Å². The average Bonchev–Trinajstić information content (AvgIpc) is 2.41. The summed E-state index contributed by atoms with van der Waals surface area (Å²) in [6.07, 6.45) is 0. The molecular formula is C9H15N3O. The predicted molar refractivity (Wildman–Crippen MR) is 50.2 cm³/mol. The highest BCUT2D eigenvalue weighted by atomic mass is 16.1. The van der Waals surface area contributed by atoms with E-state index in [1.165, 1.54) is 11.1 Å². The number of nitrogens with zero attached hydrogens (tertiary/aromatic N) is 2. The van der Waals surface area contributed by atoms with Gasteiger partial charge in [-0.1, -0.05) is 0 Å². The highest BCUT2D eigenvalue weighted by molar-refractivity contribution is 5.76. The molecule has 2 aliphatic heterocycles. The number of hydrogen-bond donors (Lipinski definition) is 1. The second-order valence-electron chi connectivity index (χ2n) is 3.99. The second kappa shape index (κ2) is 3.12. The summed E-state index contributed by atoms with van der Waals surface area (Å²) in [6, 6.07) is 0. The number of carbonyl (C=O) groups excluding carboxylic acids is 1. The molecule has 4 heteroatoms. The number of nitrogens with two attached hydrogens (primary N) is 1. The second-order valence-corrected chi connectivity index (χ2v) is 3.99. The largest absolute Gasteiger partial charge is 0.369 e. The Morgan fingerprint density at radius 1 is 1.31 bits per heavy atom. The van der Waals surface area contributed by atoms with Crippen molar-refractivity contribution < 1.29 is 4.79 Å². The first-order chi connectivity index (χ1) is 6.15. The molecule has 0 radical (unpaired) electrons. The molecule has 0 aromatic rings. The zero-order valence-corrected chi connectivity index (χ0v) is 7.92. The lowest BCUT2D eigenvalue weighted by Crippen LogP contribution is -2.34. The van der Waals surface area contributed by atoms with Gasteiger partial charge in [0.1, 0.15) is 0 Å². The van der Waals surface area contributed by atoms with Crippen molar-refractivity contribution >= 4 is 5.91 Å². The SMILES string of the molecule is CN1CC2=C(C1)CN(CC(N)=O)C2. The Bertz CT molecular complexity index is 254.